The Labute approximate surface area is 163 Å². The third-order valence-electron chi connectivity index (χ3n) is 5.68. The van der Waals surface area contributed by atoms with Crippen LogP contribution in [0.25, 0.3) is 0 Å². The second-order valence-electron chi connectivity index (χ2n) is 7.66. The summed E-state index contributed by atoms with van der Waals surface area (Å²) < 4.78 is 5.18. The summed E-state index contributed by atoms with van der Waals surface area (Å²) in [5, 5.41) is 7.62. The van der Waals surface area contributed by atoms with E-state index in [9.17, 15) is 0 Å². The summed E-state index contributed by atoms with van der Waals surface area (Å²) in [5.41, 5.74) is 1.03. The predicted octanol–water partition coefficient (Wildman–Crippen LogP) is 1.94. The fourth-order valence-electron chi connectivity index (χ4n) is 4.14. The fraction of sp³-hybridized carbons (Fsp3) is 0.800. The van der Waals surface area contributed by atoms with E-state index < -0.39 is 0 Å². The molecule has 3 rings (SSSR count). The van der Waals surface area contributed by atoms with E-state index in [2.05, 4.69) is 39.0 Å². The highest BCUT2D eigenvalue weighted by atomic mass is 16.5. The lowest BCUT2D eigenvalue weighted by Crippen LogP contribution is -2.52. The monoisotopic (exact) mass is 376 g/mol. The van der Waals surface area contributed by atoms with Crippen molar-refractivity contribution < 1.29 is 4.52 Å². The van der Waals surface area contributed by atoms with Crippen molar-refractivity contribution >= 4 is 5.96 Å². The summed E-state index contributed by atoms with van der Waals surface area (Å²) in [6, 6.07) is 2.63. The molecule has 3 heterocycles. The number of piperidine rings is 1. The number of piperazine rings is 1. The van der Waals surface area contributed by atoms with E-state index in [1.807, 2.05) is 13.0 Å². The summed E-state index contributed by atoms with van der Waals surface area (Å²) in [7, 11) is 0. The Morgan fingerprint density at radius 3 is 2.70 bits per heavy atom. The molecular formula is C20H36N6O. The maximum atomic E-state index is 5.18. The predicted molar refractivity (Wildman–Crippen MR) is 109 cm³/mol. The lowest BCUT2D eigenvalue weighted by Gasteiger charge is -2.37. The Morgan fingerprint density at radius 2 is 2.04 bits per heavy atom. The molecule has 0 bridgehead atoms. The number of hydrogen-bond donors (Lipinski definition) is 1. The van der Waals surface area contributed by atoms with Crippen LogP contribution >= 0.6 is 0 Å². The molecule has 0 aromatic carbocycles. The van der Waals surface area contributed by atoms with Gasteiger partial charge < -0.3 is 14.7 Å². The average molecular weight is 377 g/mol. The number of nitrogens with zero attached hydrogens (tertiary/aromatic N) is 5. The highest BCUT2D eigenvalue weighted by molar-refractivity contribution is 5.80. The van der Waals surface area contributed by atoms with E-state index in [0.29, 0.717) is 6.04 Å². The van der Waals surface area contributed by atoms with Gasteiger partial charge in [-0.25, -0.2) is 0 Å². The SMILES string of the molecule is CCNC(=NCC1CCCCN1CC)N1CCN(Cc2cc(C)on2)CC1. The maximum Gasteiger partial charge on any atom is 0.194 e. The summed E-state index contributed by atoms with van der Waals surface area (Å²) in [6.45, 7) is 15.5. The van der Waals surface area contributed by atoms with Crippen LogP contribution in [0.15, 0.2) is 15.6 Å². The number of aromatic nitrogens is 1. The largest absolute Gasteiger partial charge is 0.361 e. The van der Waals surface area contributed by atoms with Crippen LogP contribution in [0.2, 0.25) is 0 Å². The zero-order chi connectivity index (χ0) is 19.1. The molecule has 0 saturated carbocycles. The van der Waals surface area contributed by atoms with E-state index in [0.717, 1.165) is 69.8 Å². The molecular weight excluding hydrogens is 340 g/mol. The van der Waals surface area contributed by atoms with Crippen molar-refractivity contribution in [3.05, 3.63) is 17.5 Å². The van der Waals surface area contributed by atoms with Crippen LogP contribution in [-0.2, 0) is 6.54 Å². The van der Waals surface area contributed by atoms with Crippen molar-refractivity contribution in [3.63, 3.8) is 0 Å². The number of hydrogen-bond acceptors (Lipinski definition) is 5. The second-order valence-corrected chi connectivity index (χ2v) is 7.66. The quantitative estimate of drug-likeness (QED) is 0.605. The number of guanidine groups is 1. The summed E-state index contributed by atoms with van der Waals surface area (Å²) in [5.74, 6) is 1.96. The van der Waals surface area contributed by atoms with Crippen LogP contribution in [0.4, 0.5) is 0 Å². The highest BCUT2D eigenvalue weighted by Gasteiger charge is 2.23. The van der Waals surface area contributed by atoms with Gasteiger partial charge in [0.25, 0.3) is 0 Å². The molecule has 0 spiro atoms. The van der Waals surface area contributed by atoms with Gasteiger partial charge >= 0.3 is 0 Å². The molecule has 1 aromatic rings. The topological polar surface area (TPSA) is 60.1 Å². The van der Waals surface area contributed by atoms with Gasteiger partial charge in [0.05, 0.1) is 12.2 Å². The summed E-state index contributed by atoms with van der Waals surface area (Å²) >= 11 is 0. The summed E-state index contributed by atoms with van der Waals surface area (Å²) in [6.07, 6.45) is 3.95. The lowest BCUT2D eigenvalue weighted by atomic mass is 10.0. The minimum absolute atomic E-state index is 0.606. The van der Waals surface area contributed by atoms with Crippen LogP contribution in [0.5, 0.6) is 0 Å². The Morgan fingerprint density at radius 1 is 1.22 bits per heavy atom. The van der Waals surface area contributed by atoms with Crippen LogP contribution in [0.3, 0.4) is 0 Å². The van der Waals surface area contributed by atoms with Crippen LogP contribution in [0, 0.1) is 6.92 Å². The molecule has 27 heavy (non-hydrogen) atoms. The summed E-state index contributed by atoms with van der Waals surface area (Å²) in [4.78, 5) is 12.5. The van der Waals surface area contributed by atoms with E-state index in [1.54, 1.807) is 0 Å². The third-order valence-corrected chi connectivity index (χ3v) is 5.68. The van der Waals surface area contributed by atoms with Crippen molar-refractivity contribution in [2.45, 2.75) is 52.6 Å². The van der Waals surface area contributed by atoms with Crippen LogP contribution < -0.4 is 5.32 Å². The number of nitrogens with one attached hydrogen (secondary N) is 1. The number of aryl methyl sites for hydroxylation is 1. The molecule has 7 nitrogen and oxygen atoms in total. The molecule has 2 aliphatic rings. The van der Waals surface area contributed by atoms with Gasteiger partial charge in [0.15, 0.2) is 5.96 Å². The van der Waals surface area contributed by atoms with Gasteiger partial charge in [-0.15, -0.1) is 0 Å². The van der Waals surface area contributed by atoms with Crippen molar-refractivity contribution in [1.29, 1.82) is 0 Å². The normalized spacial score (nSPS) is 23.0. The van der Waals surface area contributed by atoms with Crippen molar-refractivity contribution in [1.82, 2.24) is 25.2 Å². The molecule has 2 fully saturated rings. The molecule has 0 amide bonds. The molecule has 0 radical (unpaired) electrons. The van der Waals surface area contributed by atoms with Crippen molar-refractivity contribution in [3.8, 4) is 0 Å². The highest BCUT2D eigenvalue weighted by Crippen LogP contribution is 2.17. The third kappa shape index (κ3) is 5.69. The Hall–Kier alpha value is -1.60. The van der Waals surface area contributed by atoms with Gasteiger partial charge in [-0.2, -0.15) is 0 Å². The minimum atomic E-state index is 0.606. The van der Waals surface area contributed by atoms with Gasteiger partial charge in [0.2, 0.25) is 0 Å². The molecule has 1 aromatic heterocycles. The number of likely N-dealkylation sites (N-methyl/N-ethyl adjacent to an activating group) is 1. The molecule has 2 aliphatic heterocycles. The van der Waals surface area contributed by atoms with Gasteiger partial charge in [-0.05, 0) is 39.8 Å². The first-order valence-electron chi connectivity index (χ1n) is 10.6. The molecule has 1 unspecified atom stereocenters. The van der Waals surface area contributed by atoms with Crippen LogP contribution in [-0.4, -0.2) is 84.2 Å². The first kappa shape index (κ1) is 20.1. The van der Waals surface area contributed by atoms with Crippen molar-refractivity contribution in [2.24, 2.45) is 4.99 Å². The molecule has 7 heteroatoms. The van der Waals surface area contributed by atoms with Gasteiger partial charge in [-0.1, -0.05) is 18.5 Å². The number of aliphatic imine (C=N–C) groups is 1. The first-order valence-corrected chi connectivity index (χ1v) is 10.6. The lowest BCUT2D eigenvalue weighted by molar-refractivity contribution is 0.158. The molecule has 0 aliphatic carbocycles. The Kier molecular flexibility index (Phi) is 7.52. The zero-order valence-corrected chi connectivity index (χ0v) is 17.3. The molecule has 2 saturated heterocycles. The maximum absolute atomic E-state index is 5.18. The average Bonchev–Trinajstić information content (AvgIpc) is 3.10. The van der Waals surface area contributed by atoms with E-state index >= 15 is 0 Å². The smallest absolute Gasteiger partial charge is 0.194 e. The van der Waals surface area contributed by atoms with Gasteiger partial charge in [0.1, 0.15) is 5.76 Å². The van der Waals surface area contributed by atoms with Gasteiger partial charge in [-0.3, -0.25) is 14.8 Å². The molecule has 1 atom stereocenters. The zero-order valence-electron chi connectivity index (χ0n) is 17.3. The Balaban J connectivity index is 1.52. The fourth-order valence-corrected chi connectivity index (χ4v) is 4.14. The number of likely N-dealkylation sites (tertiary alicyclic amines) is 1. The van der Waals surface area contributed by atoms with E-state index in [4.69, 9.17) is 9.52 Å². The second kappa shape index (κ2) is 10.1. The first-order chi connectivity index (χ1) is 13.2. The van der Waals surface area contributed by atoms with E-state index in [1.165, 1.54) is 25.8 Å². The van der Waals surface area contributed by atoms with E-state index in [-0.39, 0.29) is 0 Å². The van der Waals surface area contributed by atoms with Crippen molar-refractivity contribution in [2.75, 3.05) is 52.4 Å². The van der Waals surface area contributed by atoms with Crippen LogP contribution in [0.1, 0.15) is 44.6 Å². The molecule has 152 valence electrons. The minimum Gasteiger partial charge on any atom is -0.361 e. The van der Waals surface area contributed by atoms with Gasteiger partial charge in [0, 0.05) is 51.4 Å². The number of rotatable bonds is 6. The Bertz CT molecular complexity index is 593. The standard InChI is InChI=1S/C20H36N6O/c1-4-21-20(22-15-19-8-6-7-9-25(19)5-2)26-12-10-24(11-13-26)16-18-14-17(3)27-23-18/h14,19H,4-13,15-16H2,1-3H3,(H,21,22). The molecule has 1 N–H and O–H groups in total.